The van der Waals surface area contributed by atoms with Gasteiger partial charge in [-0.3, -0.25) is 9.67 Å². The first-order chi connectivity index (χ1) is 16.4. The smallest absolute Gasteiger partial charge is 0.156 e. The minimum absolute atomic E-state index is 0.0203. The molecule has 0 saturated carbocycles. The molecule has 3 aliphatic heterocycles. The SMILES string of the molecule is Cc1cc(NC2=NC=C3C(=NC2)N(c2ccn(C)n2)C[C@]3(C)CO)ccc1N1CCN(C)CC1. The Hall–Kier alpha value is -3.17. The van der Waals surface area contributed by atoms with Gasteiger partial charge in [-0.1, -0.05) is 6.92 Å². The topological polar surface area (TPSA) is 84.5 Å². The van der Waals surface area contributed by atoms with Gasteiger partial charge in [0.2, 0.25) is 0 Å². The van der Waals surface area contributed by atoms with Crippen LogP contribution in [0.3, 0.4) is 0 Å². The van der Waals surface area contributed by atoms with Gasteiger partial charge in [0.05, 0.1) is 13.2 Å². The molecule has 0 aliphatic carbocycles. The molecule has 5 rings (SSSR count). The Morgan fingerprint density at radius 2 is 1.91 bits per heavy atom. The number of nitrogens with zero attached hydrogens (tertiary/aromatic N) is 7. The molecule has 3 aliphatic rings. The zero-order chi connectivity index (χ0) is 23.9. The van der Waals surface area contributed by atoms with E-state index < -0.39 is 5.41 Å². The zero-order valence-electron chi connectivity index (χ0n) is 20.5. The lowest BCUT2D eigenvalue weighted by Crippen LogP contribution is -2.44. The van der Waals surface area contributed by atoms with Gasteiger partial charge in [-0.15, -0.1) is 0 Å². The molecule has 9 heteroatoms. The first-order valence-corrected chi connectivity index (χ1v) is 11.9. The Labute approximate surface area is 201 Å². The van der Waals surface area contributed by atoms with Crippen LogP contribution in [-0.4, -0.2) is 84.4 Å². The lowest BCUT2D eigenvalue weighted by molar-refractivity contribution is 0.192. The van der Waals surface area contributed by atoms with Gasteiger partial charge in [-0.2, -0.15) is 5.10 Å². The minimum Gasteiger partial charge on any atom is -0.395 e. The largest absolute Gasteiger partial charge is 0.395 e. The highest BCUT2D eigenvalue weighted by Gasteiger charge is 2.44. The van der Waals surface area contributed by atoms with Crippen molar-refractivity contribution in [1.29, 1.82) is 0 Å². The molecule has 34 heavy (non-hydrogen) atoms. The molecular weight excluding hydrogens is 428 g/mol. The van der Waals surface area contributed by atoms with Gasteiger partial charge in [0.1, 0.15) is 11.7 Å². The summed E-state index contributed by atoms with van der Waals surface area (Å²) in [7, 11) is 4.08. The second-order valence-corrected chi connectivity index (χ2v) is 9.83. The molecule has 9 nitrogen and oxygen atoms in total. The fourth-order valence-electron chi connectivity index (χ4n) is 4.89. The van der Waals surface area contributed by atoms with Crippen LogP contribution in [0.1, 0.15) is 12.5 Å². The van der Waals surface area contributed by atoms with Crippen molar-refractivity contribution in [2.75, 3.05) is 68.0 Å². The number of anilines is 3. The summed E-state index contributed by atoms with van der Waals surface area (Å²) in [6, 6.07) is 8.47. The zero-order valence-corrected chi connectivity index (χ0v) is 20.5. The second kappa shape index (κ2) is 8.88. The number of hydrogen-bond donors (Lipinski definition) is 2. The number of aryl methyl sites for hydroxylation is 2. The summed E-state index contributed by atoms with van der Waals surface area (Å²) in [5, 5.41) is 18.2. The quantitative estimate of drug-likeness (QED) is 0.724. The number of amidine groups is 2. The lowest BCUT2D eigenvalue weighted by Gasteiger charge is -2.35. The maximum Gasteiger partial charge on any atom is 0.156 e. The number of benzene rings is 1. The van der Waals surface area contributed by atoms with Gasteiger partial charge >= 0.3 is 0 Å². The van der Waals surface area contributed by atoms with E-state index in [2.05, 4.69) is 57.3 Å². The molecule has 2 N–H and O–H groups in total. The number of aliphatic imine (C=N–C) groups is 2. The van der Waals surface area contributed by atoms with E-state index in [9.17, 15) is 5.11 Å². The summed E-state index contributed by atoms with van der Waals surface area (Å²) in [6.45, 7) is 9.57. The number of nitrogens with one attached hydrogen (secondary N) is 1. The van der Waals surface area contributed by atoms with Crippen LogP contribution in [0.4, 0.5) is 17.2 Å². The molecular formula is C25H34N8O. The molecule has 1 atom stereocenters. The van der Waals surface area contributed by atoms with Crippen LogP contribution in [0.25, 0.3) is 0 Å². The minimum atomic E-state index is -0.448. The summed E-state index contributed by atoms with van der Waals surface area (Å²) in [5.74, 6) is 2.44. The van der Waals surface area contributed by atoms with E-state index in [1.807, 2.05) is 32.4 Å². The molecule has 0 spiro atoms. The second-order valence-electron chi connectivity index (χ2n) is 9.83. The number of likely N-dealkylation sites (N-methyl/N-ethyl adjacent to an activating group) is 1. The molecule has 1 aromatic heterocycles. The maximum atomic E-state index is 10.2. The third-order valence-electron chi connectivity index (χ3n) is 7.04. The van der Waals surface area contributed by atoms with Crippen LogP contribution < -0.4 is 15.1 Å². The average molecular weight is 463 g/mol. The molecule has 2 fully saturated rings. The van der Waals surface area contributed by atoms with E-state index in [4.69, 9.17) is 9.98 Å². The van der Waals surface area contributed by atoms with Crippen molar-refractivity contribution in [3.05, 3.63) is 47.8 Å². The Bertz CT molecular complexity index is 1160. The molecule has 180 valence electrons. The number of aromatic nitrogens is 2. The van der Waals surface area contributed by atoms with Crippen molar-refractivity contribution in [3.8, 4) is 0 Å². The van der Waals surface area contributed by atoms with Crippen molar-refractivity contribution in [2.45, 2.75) is 13.8 Å². The number of aliphatic hydroxyl groups excluding tert-OH is 1. The number of fused-ring (bicyclic) bond motifs is 1. The first-order valence-electron chi connectivity index (χ1n) is 11.9. The number of rotatable bonds is 4. The van der Waals surface area contributed by atoms with Gasteiger partial charge in [0.15, 0.2) is 5.82 Å². The van der Waals surface area contributed by atoms with E-state index in [1.165, 1.54) is 11.3 Å². The Morgan fingerprint density at radius 1 is 1.12 bits per heavy atom. The third kappa shape index (κ3) is 4.21. The third-order valence-corrected chi connectivity index (χ3v) is 7.04. The van der Waals surface area contributed by atoms with Gasteiger partial charge in [-0.25, -0.2) is 4.99 Å². The van der Waals surface area contributed by atoms with Crippen molar-refractivity contribution in [1.82, 2.24) is 14.7 Å². The van der Waals surface area contributed by atoms with E-state index in [0.717, 1.165) is 54.9 Å². The predicted molar refractivity (Wildman–Crippen MR) is 138 cm³/mol. The van der Waals surface area contributed by atoms with Gasteiger partial charge in [-0.05, 0) is 37.7 Å². The fourth-order valence-corrected chi connectivity index (χ4v) is 4.89. The normalized spacial score (nSPS) is 23.3. The summed E-state index contributed by atoms with van der Waals surface area (Å²) >= 11 is 0. The van der Waals surface area contributed by atoms with Crippen molar-refractivity contribution in [3.63, 3.8) is 0 Å². The van der Waals surface area contributed by atoms with Crippen LogP contribution in [0.15, 0.2) is 52.2 Å². The average Bonchev–Trinajstić information content (AvgIpc) is 3.29. The highest BCUT2D eigenvalue weighted by molar-refractivity contribution is 6.14. The van der Waals surface area contributed by atoms with Gasteiger partial charge < -0.3 is 25.1 Å². The molecule has 1 aromatic carbocycles. The van der Waals surface area contributed by atoms with Crippen molar-refractivity contribution in [2.24, 2.45) is 22.4 Å². The fraction of sp³-hybridized carbons (Fsp3) is 0.480. The monoisotopic (exact) mass is 462 g/mol. The molecule has 4 heterocycles. The van der Waals surface area contributed by atoms with Gasteiger partial charge in [0.25, 0.3) is 0 Å². The number of aliphatic hydroxyl groups is 1. The van der Waals surface area contributed by atoms with Gasteiger partial charge in [0, 0.05) is 80.6 Å². The highest BCUT2D eigenvalue weighted by Crippen LogP contribution is 2.39. The predicted octanol–water partition coefficient (Wildman–Crippen LogP) is 2.11. The van der Waals surface area contributed by atoms with E-state index >= 15 is 0 Å². The van der Waals surface area contributed by atoms with E-state index in [1.54, 1.807) is 4.68 Å². The van der Waals surface area contributed by atoms with Crippen LogP contribution >= 0.6 is 0 Å². The number of piperazine rings is 1. The first kappa shape index (κ1) is 22.6. The van der Waals surface area contributed by atoms with E-state index in [-0.39, 0.29) is 6.61 Å². The molecule has 2 saturated heterocycles. The Kier molecular flexibility index (Phi) is 5.91. The van der Waals surface area contributed by atoms with Crippen molar-refractivity contribution < 1.29 is 5.11 Å². The van der Waals surface area contributed by atoms with Crippen LogP contribution in [0.5, 0.6) is 0 Å². The molecule has 0 radical (unpaired) electrons. The summed E-state index contributed by atoms with van der Waals surface area (Å²) in [5.41, 5.74) is 4.05. The van der Waals surface area contributed by atoms with Crippen LogP contribution in [-0.2, 0) is 7.05 Å². The maximum absolute atomic E-state index is 10.2. The van der Waals surface area contributed by atoms with Crippen molar-refractivity contribution >= 4 is 28.9 Å². The molecule has 0 amide bonds. The Morgan fingerprint density at radius 3 is 2.59 bits per heavy atom. The van der Waals surface area contributed by atoms with Crippen LogP contribution in [0, 0.1) is 12.3 Å². The highest BCUT2D eigenvalue weighted by atomic mass is 16.3. The summed E-state index contributed by atoms with van der Waals surface area (Å²) in [4.78, 5) is 16.5. The molecule has 0 bridgehead atoms. The van der Waals surface area contributed by atoms with E-state index in [0.29, 0.717) is 13.1 Å². The molecule has 2 aromatic rings. The Balaban J connectivity index is 1.36. The summed E-state index contributed by atoms with van der Waals surface area (Å²) in [6.07, 6.45) is 3.78. The summed E-state index contributed by atoms with van der Waals surface area (Å²) < 4.78 is 1.78. The molecule has 0 unspecified atom stereocenters. The number of hydrogen-bond acceptors (Lipinski definition) is 8. The van der Waals surface area contributed by atoms with Crippen LogP contribution in [0.2, 0.25) is 0 Å². The lowest BCUT2D eigenvalue weighted by atomic mass is 9.86. The standard InChI is InChI=1S/C25H34N8O/c1-18-13-19(5-6-21(18)32-11-9-30(3)10-12-32)28-22-15-27-24-20(14-26-22)25(2,17-34)16-33(24)23-7-8-31(4)29-23/h5-8,13-14,34H,9-12,15-17H2,1-4H3,(H,26,28)/t25-/m1/s1.